The van der Waals surface area contributed by atoms with Crippen LogP contribution in [0.4, 0.5) is 17.5 Å². The fraction of sp³-hybridized carbons (Fsp3) is 0.633. The zero-order chi connectivity index (χ0) is 27.9. The number of carbonyl (C=O) groups excluding carboxylic acids is 1. The van der Waals surface area contributed by atoms with Crippen LogP contribution in [0.15, 0.2) is 29.3 Å². The fourth-order valence-electron chi connectivity index (χ4n) is 7.61. The molecule has 3 aliphatic carbocycles. The molecule has 214 valence electrons. The van der Waals surface area contributed by atoms with E-state index in [0.717, 1.165) is 87.7 Å². The summed E-state index contributed by atoms with van der Waals surface area (Å²) in [6, 6.07) is 5.19. The maximum atomic E-state index is 13.5. The van der Waals surface area contributed by atoms with E-state index in [-0.39, 0.29) is 22.6 Å². The summed E-state index contributed by atoms with van der Waals surface area (Å²) in [5.41, 5.74) is 2.15. The van der Waals surface area contributed by atoms with Gasteiger partial charge in [-0.2, -0.15) is 4.98 Å². The van der Waals surface area contributed by atoms with Gasteiger partial charge >= 0.3 is 0 Å². The van der Waals surface area contributed by atoms with Gasteiger partial charge in [-0.3, -0.25) is 9.69 Å². The molecule has 1 unspecified atom stereocenters. The van der Waals surface area contributed by atoms with Gasteiger partial charge in [-0.15, -0.1) is 0 Å². The summed E-state index contributed by atoms with van der Waals surface area (Å²) in [7, 11) is -1.25. The van der Waals surface area contributed by atoms with Gasteiger partial charge in [0, 0.05) is 23.5 Å². The monoisotopic (exact) mass is 565 g/mol. The molecule has 7 rings (SSSR count). The molecule has 0 bridgehead atoms. The second-order valence-corrected chi connectivity index (χ2v) is 15.4. The van der Waals surface area contributed by atoms with Crippen molar-refractivity contribution in [3.63, 3.8) is 0 Å². The molecule has 2 N–H and O–H groups in total. The van der Waals surface area contributed by atoms with Gasteiger partial charge in [0.2, 0.25) is 11.9 Å². The molecule has 5 aliphatic rings. The number of hydrogen-bond acceptors (Lipinski definition) is 8. The maximum absolute atomic E-state index is 13.5. The number of benzene rings is 1. The zero-order valence-electron chi connectivity index (χ0n) is 23.4. The molecule has 3 saturated carbocycles. The lowest BCUT2D eigenvalue weighted by atomic mass is 9.63. The average Bonchev–Trinajstić information content (AvgIpc) is 3.67. The number of amides is 1. The predicted octanol–water partition coefficient (Wildman–Crippen LogP) is 3.86. The molecule has 9 nitrogen and oxygen atoms in total. The van der Waals surface area contributed by atoms with Gasteiger partial charge in [0.15, 0.2) is 9.84 Å². The molecule has 1 aromatic heterocycles. The van der Waals surface area contributed by atoms with Crippen LogP contribution in [0.3, 0.4) is 0 Å². The maximum Gasteiger partial charge on any atom is 0.239 e. The topological polar surface area (TPSA) is 116 Å². The number of piperidine rings is 1. The number of anilines is 3. The minimum atomic E-state index is -3.38. The number of rotatable bonds is 5. The third-order valence-corrected chi connectivity index (χ3v) is 12.6. The molecular formula is C30H39N5O4S. The first kappa shape index (κ1) is 26.3. The number of carbonyl (C=O) groups is 1. The molecule has 2 atom stereocenters. The van der Waals surface area contributed by atoms with Crippen LogP contribution in [0.1, 0.15) is 75.3 Å². The number of nitrogens with zero attached hydrogens (tertiary/aromatic N) is 4. The number of nitrogens with one attached hydrogen (secondary N) is 1. The van der Waals surface area contributed by atoms with Gasteiger partial charge < -0.3 is 15.3 Å². The number of fused-ring (bicyclic) bond motifs is 2. The number of likely N-dealkylation sites (tertiary alicyclic amines) is 1. The molecular weight excluding hydrogens is 526 g/mol. The highest BCUT2D eigenvalue weighted by atomic mass is 32.2. The van der Waals surface area contributed by atoms with E-state index >= 15 is 0 Å². The Kier molecular flexibility index (Phi) is 6.08. The highest BCUT2D eigenvalue weighted by molar-refractivity contribution is 7.92. The molecule has 2 spiro atoms. The van der Waals surface area contributed by atoms with E-state index in [1.54, 1.807) is 24.4 Å². The van der Waals surface area contributed by atoms with E-state index < -0.39 is 21.4 Å². The second-order valence-electron chi connectivity index (χ2n) is 13.1. The normalized spacial score (nSPS) is 27.6. The van der Waals surface area contributed by atoms with Crippen molar-refractivity contribution in [1.29, 1.82) is 0 Å². The standard InChI is InChI=1S/C30H39N5O4S/c1-19-14-22(40(38,39)23-16-29(17-23)10-12-34(2)13-11-29)6-7-25(19)32-28-31-18-24-26(33-28)35(27(37)30(24)8-9-30)20-4-3-5-21(36)15-20/h6-7,14,18,20-21,23,36H,3-5,8-13,15-17H2,1-2H3,(H,31,32,33)/t20?,21-/m1/s1. The van der Waals surface area contributed by atoms with Gasteiger partial charge in [-0.1, -0.05) is 0 Å². The Bertz CT molecular complexity index is 1460. The Labute approximate surface area is 236 Å². The van der Waals surface area contributed by atoms with Crippen molar-refractivity contribution in [3.8, 4) is 0 Å². The number of aliphatic hydroxyl groups is 1. The third kappa shape index (κ3) is 4.17. The Hall–Kier alpha value is -2.56. The van der Waals surface area contributed by atoms with Crippen LogP contribution in [0, 0.1) is 12.3 Å². The minimum absolute atomic E-state index is 0.0517. The first-order valence-electron chi connectivity index (χ1n) is 14.8. The largest absolute Gasteiger partial charge is 0.393 e. The van der Waals surface area contributed by atoms with Crippen LogP contribution < -0.4 is 10.2 Å². The van der Waals surface area contributed by atoms with Crippen molar-refractivity contribution >= 4 is 33.2 Å². The second kappa shape index (κ2) is 9.22. The van der Waals surface area contributed by atoms with Gasteiger partial charge in [0.1, 0.15) is 5.82 Å². The fourth-order valence-corrected chi connectivity index (χ4v) is 9.74. The lowest BCUT2D eigenvalue weighted by molar-refractivity contribution is -0.121. The number of aromatic nitrogens is 2. The Balaban J connectivity index is 1.10. The van der Waals surface area contributed by atoms with Gasteiger partial charge in [-0.05, 0) is 120 Å². The summed E-state index contributed by atoms with van der Waals surface area (Å²) in [6.45, 7) is 3.99. The summed E-state index contributed by atoms with van der Waals surface area (Å²) in [5, 5.41) is 13.3. The summed E-state index contributed by atoms with van der Waals surface area (Å²) in [6.07, 6.45) is 9.81. The first-order valence-corrected chi connectivity index (χ1v) is 16.3. The Morgan fingerprint density at radius 1 is 1.10 bits per heavy atom. The van der Waals surface area contributed by atoms with Crippen LogP contribution in [-0.4, -0.2) is 71.8 Å². The summed E-state index contributed by atoms with van der Waals surface area (Å²) in [5.74, 6) is 1.13. The molecule has 1 amide bonds. The Morgan fingerprint density at radius 3 is 2.52 bits per heavy atom. The Morgan fingerprint density at radius 2 is 1.85 bits per heavy atom. The van der Waals surface area contributed by atoms with Gasteiger partial charge in [0.05, 0.1) is 21.7 Å². The van der Waals surface area contributed by atoms with Crippen LogP contribution in [-0.2, 0) is 20.0 Å². The molecule has 1 aromatic carbocycles. The number of hydrogen-bond donors (Lipinski definition) is 2. The van der Waals surface area contributed by atoms with Crippen LogP contribution in [0.5, 0.6) is 0 Å². The molecule has 40 heavy (non-hydrogen) atoms. The molecule has 1 saturated heterocycles. The molecule has 10 heteroatoms. The van der Waals surface area contributed by atoms with Crippen molar-refractivity contribution in [2.24, 2.45) is 5.41 Å². The smallest absolute Gasteiger partial charge is 0.239 e. The summed E-state index contributed by atoms with van der Waals surface area (Å²) < 4.78 is 26.9. The number of sulfone groups is 1. The van der Waals surface area contributed by atoms with E-state index in [1.807, 2.05) is 11.8 Å². The molecule has 0 radical (unpaired) electrons. The first-order chi connectivity index (χ1) is 19.1. The summed E-state index contributed by atoms with van der Waals surface area (Å²) >= 11 is 0. The van der Waals surface area contributed by atoms with E-state index in [2.05, 4.69) is 22.2 Å². The van der Waals surface area contributed by atoms with Gasteiger partial charge in [-0.25, -0.2) is 13.4 Å². The molecule has 2 aromatic rings. The quantitative estimate of drug-likeness (QED) is 0.562. The van der Waals surface area contributed by atoms with Crippen molar-refractivity contribution < 1.29 is 18.3 Å². The van der Waals surface area contributed by atoms with Crippen LogP contribution >= 0.6 is 0 Å². The van der Waals surface area contributed by atoms with E-state index in [4.69, 9.17) is 4.98 Å². The van der Waals surface area contributed by atoms with Crippen molar-refractivity contribution in [1.82, 2.24) is 14.9 Å². The highest BCUT2D eigenvalue weighted by Crippen LogP contribution is 2.58. The average molecular weight is 566 g/mol. The molecule has 3 heterocycles. The van der Waals surface area contributed by atoms with Crippen molar-refractivity contribution in [2.45, 2.75) is 98.8 Å². The molecule has 4 fully saturated rings. The molecule has 2 aliphatic heterocycles. The highest BCUT2D eigenvalue weighted by Gasteiger charge is 2.61. The van der Waals surface area contributed by atoms with E-state index in [1.165, 1.54) is 0 Å². The number of aliphatic hydroxyl groups excluding tert-OH is 1. The summed E-state index contributed by atoms with van der Waals surface area (Å²) in [4.78, 5) is 27.4. The van der Waals surface area contributed by atoms with Crippen LogP contribution in [0.2, 0.25) is 0 Å². The lowest BCUT2D eigenvalue weighted by Gasteiger charge is -2.51. The third-order valence-electron chi connectivity index (χ3n) is 10.5. The zero-order valence-corrected chi connectivity index (χ0v) is 24.2. The van der Waals surface area contributed by atoms with Crippen LogP contribution in [0.25, 0.3) is 0 Å². The van der Waals surface area contributed by atoms with E-state index in [9.17, 15) is 18.3 Å². The SMILES string of the molecule is Cc1cc(S(=O)(=O)C2CC3(CCN(C)CC3)C2)ccc1Nc1ncc2c(n1)N(C1CCC[C@@H](O)C1)C(=O)C21CC1. The lowest BCUT2D eigenvalue weighted by Crippen LogP contribution is -2.50. The number of aryl methyl sites for hydroxylation is 1. The minimum Gasteiger partial charge on any atom is -0.393 e. The van der Waals surface area contributed by atoms with Crippen molar-refractivity contribution in [3.05, 3.63) is 35.5 Å². The predicted molar refractivity (Wildman–Crippen MR) is 153 cm³/mol. The van der Waals surface area contributed by atoms with E-state index in [0.29, 0.717) is 23.1 Å². The van der Waals surface area contributed by atoms with Crippen molar-refractivity contribution in [2.75, 3.05) is 30.4 Å². The van der Waals surface area contributed by atoms with Gasteiger partial charge in [0.25, 0.3) is 0 Å².